The predicted molar refractivity (Wildman–Crippen MR) is 86.1 cm³/mol. The summed E-state index contributed by atoms with van der Waals surface area (Å²) in [5.41, 5.74) is 8.40. The van der Waals surface area contributed by atoms with Crippen LogP contribution in [0.3, 0.4) is 0 Å². The molecule has 1 fully saturated rings. The zero-order valence-corrected chi connectivity index (χ0v) is 12.5. The van der Waals surface area contributed by atoms with Gasteiger partial charge in [-0.2, -0.15) is 0 Å². The zero-order chi connectivity index (χ0) is 15.1. The molecule has 0 radical (unpaired) electrons. The Morgan fingerprint density at radius 2 is 2.00 bits per heavy atom. The number of amides is 1. The van der Waals surface area contributed by atoms with Crippen LogP contribution in [0.4, 0.5) is 11.4 Å². The van der Waals surface area contributed by atoms with E-state index in [0.717, 1.165) is 11.3 Å². The van der Waals surface area contributed by atoms with Crippen molar-refractivity contribution < 1.29 is 14.3 Å². The molecule has 2 aliphatic rings. The molecule has 2 aromatic rings. The van der Waals surface area contributed by atoms with Crippen LogP contribution in [0.15, 0.2) is 42.5 Å². The first-order chi connectivity index (χ1) is 10.7. The van der Waals surface area contributed by atoms with Gasteiger partial charge in [0, 0.05) is 17.4 Å². The second kappa shape index (κ2) is 5.14. The Bertz CT molecular complexity index is 750. The molecule has 2 heterocycles. The zero-order valence-electron chi connectivity index (χ0n) is 11.7. The number of fused-ring (bicyclic) bond motifs is 1. The van der Waals surface area contributed by atoms with Crippen LogP contribution in [0.5, 0.6) is 11.5 Å². The molecule has 1 atom stereocenters. The fourth-order valence-electron chi connectivity index (χ4n) is 2.70. The maximum atomic E-state index is 12.3. The summed E-state index contributed by atoms with van der Waals surface area (Å²) >= 11 is 1.60. The quantitative estimate of drug-likeness (QED) is 0.864. The van der Waals surface area contributed by atoms with E-state index in [-0.39, 0.29) is 18.1 Å². The van der Waals surface area contributed by atoms with Crippen LogP contribution in [0.2, 0.25) is 0 Å². The van der Waals surface area contributed by atoms with Gasteiger partial charge in [-0.25, -0.2) is 0 Å². The van der Waals surface area contributed by atoms with Crippen molar-refractivity contribution in [1.29, 1.82) is 0 Å². The molecule has 22 heavy (non-hydrogen) atoms. The summed E-state index contributed by atoms with van der Waals surface area (Å²) in [7, 11) is 0. The Morgan fingerprint density at radius 1 is 1.14 bits per heavy atom. The van der Waals surface area contributed by atoms with Gasteiger partial charge in [0.1, 0.15) is 5.37 Å². The maximum Gasteiger partial charge on any atom is 0.238 e. The van der Waals surface area contributed by atoms with Gasteiger partial charge < -0.3 is 15.2 Å². The highest BCUT2D eigenvalue weighted by Crippen LogP contribution is 2.44. The maximum absolute atomic E-state index is 12.3. The highest BCUT2D eigenvalue weighted by molar-refractivity contribution is 8.00. The number of ether oxygens (including phenoxy) is 2. The lowest BCUT2D eigenvalue weighted by molar-refractivity contribution is -0.115. The summed E-state index contributed by atoms with van der Waals surface area (Å²) in [5, 5.41) is -0.0728. The van der Waals surface area contributed by atoms with E-state index in [0.29, 0.717) is 22.9 Å². The number of thioether (sulfide) groups is 1. The summed E-state index contributed by atoms with van der Waals surface area (Å²) in [5.74, 6) is 1.92. The summed E-state index contributed by atoms with van der Waals surface area (Å²) in [6.07, 6.45) is 0. The number of nitrogens with zero attached hydrogens (tertiary/aromatic N) is 1. The van der Waals surface area contributed by atoms with Crippen molar-refractivity contribution in [3.05, 3.63) is 48.0 Å². The molecule has 1 saturated heterocycles. The van der Waals surface area contributed by atoms with Gasteiger partial charge in [0.15, 0.2) is 11.5 Å². The number of nitrogen functional groups attached to an aromatic ring is 1. The number of carbonyl (C=O) groups is 1. The Labute approximate surface area is 132 Å². The van der Waals surface area contributed by atoms with E-state index in [1.165, 1.54) is 0 Å². The molecule has 4 rings (SSSR count). The van der Waals surface area contributed by atoms with Gasteiger partial charge in [0.2, 0.25) is 12.7 Å². The highest BCUT2D eigenvalue weighted by atomic mass is 32.2. The van der Waals surface area contributed by atoms with Crippen LogP contribution < -0.4 is 20.1 Å². The van der Waals surface area contributed by atoms with E-state index < -0.39 is 0 Å². The van der Waals surface area contributed by atoms with E-state index in [1.807, 2.05) is 42.5 Å². The van der Waals surface area contributed by atoms with Crippen LogP contribution >= 0.6 is 11.8 Å². The predicted octanol–water partition coefficient (Wildman–Crippen LogP) is 2.78. The van der Waals surface area contributed by atoms with Crippen LogP contribution in [-0.4, -0.2) is 18.5 Å². The minimum Gasteiger partial charge on any atom is -0.454 e. The fourth-order valence-corrected chi connectivity index (χ4v) is 3.86. The van der Waals surface area contributed by atoms with Crippen molar-refractivity contribution in [3.8, 4) is 11.5 Å². The third kappa shape index (κ3) is 2.16. The van der Waals surface area contributed by atoms with Crippen molar-refractivity contribution in [1.82, 2.24) is 0 Å². The molecule has 112 valence electrons. The van der Waals surface area contributed by atoms with Crippen LogP contribution in [-0.2, 0) is 4.79 Å². The second-order valence-corrected chi connectivity index (χ2v) is 6.20. The average Bonchev–Trinajstić information content (AvgIpc) is 3.12. The molecule has 0 bridgehead atoms. The topological polar surface area (TPSA) is 64.8 Å². The fraction of sp³-hybridized carbons (Fsp3) is 0.188. The molecular weight excluding hydrogens is 300 g/mol. The minimum absolute atomic E-state index is 0.0728. The Hall–Kier alpha value is -2.34. The SMILES string of the molecule is Nc1cccc([C@H]2SCC(=O)N2c2ccc3c(c2)OCO3)c1. The molecule has 6 heteroatoms. The third-order valence-electron chi connectivity index (χ3n) is 3.70. The molecule has 0 aliphatic carbocycles. The lowest BCUT2D eigenvalue weighted by atomic mass is 10.1. The number of hydrogen-bond acceptors (Lipinski definition) is 5. The number of benzene rings is 2. The molecule has 0 spiro atoms. The van der Waals surface area contributed by atoms with Gasteiger partial charge in [-0.1, -0.05) is 12.1 Å². The summed E-state index contributed by atoms with van der Waals surface area (Å²) < 4.78 is 10.7. The van der Waals surface area contributed by atoms with Crippen LogP contribution in [0.1, 0.15) is 10.9 Å². The number of hydrogen-bond donors (Lipinski definition) is 1. The molecule has 0 saturated carbocycles. The lowest BCUT2D eigenvalue weighted by Crippen LogP contribution is -2.27. The molecule has 1 amide bonds. The van der Waals surface area contributed by atoms with Gasteiger partial charge in [0.25, 0.3) is 0 Å². The van der Waals surface area contributed by atoms with Gasteiger partial charge >= 0.3 is 0 Å². The lowest BCUT2D eigenvalue weighted by Gasteiger charge is -2.24. The average molecular weight is 314 g/mol. The highest BCUT2D eigenvalue weighted by Gasteiger charge is 2.34. The van der Waals surface area contributed by atoms with E-state index in [2.05, 4.69) is 0 Å². The second-order valence-electron chi connectivity index (χ2n) is 5.13. The number of rotatable bonds is 2. The van der Waals surface area contributed by atoms with Gasteiger partial charge in [-0.15, -0.1) is 11.8 Å². The van der Waals surface area contributed by atoms with E-state index in [4.69, 9.17) is 15.2 Å². The molecule has 2 aliphatic heterocycles. The Balaban J connectivity index is 1.73. The Kier molecular flexibility index (Phi) is 3.11. The van der Waals surface area contributed by atoms with Gasteiger partial charge in [-0.05, 0) is 29.8 Å². The first-order valence-electron chi connectivity index (χ1n) is 6.91. The minimum atomic E-state index is -0.0728. The summed E-state index contributed by atoms with van der Waals surface area (Å²) in [6, 6.07) is 13.2. The van der Waals surface area contributed by atoms with Gasteiger partial charge in [-0.3, -0.25) is 9.69 Å². The summed E-state index contributed by atoms with van der Waals surface area (Å²) in [6.45, 7) is 0.222. The molecule has 5 nitrogen and oxygen atoms in total. The normalized spacial score (nSPS) is 19.7. The van der Waals surface area contributed by atoms with E-state index >= 15 is 0 Å². The molecule has 0 aromatic heterocycles. The van der Waals surface area contributed by atoms with Crippen molar-refractivity contribution in [2.75, 3.05) is 23.2 Å². The van der Waals surface area contributed by atoms with Crippen LogP contribution in [0, 0.1) is 0 Å². The Morgan fingerprint density at radius 3 is 2.86 bits per heavy atom. The molecule has 2 N–H and O–H groups in total. The van der Waals surface area contributed by atoms with Crippen LogP contribution in [0.25, 0.3) is 0 Å². The number of carbonyl (C=O) groups excluding carboxylic acids is 1. The standard InChI is InChI=1S/C16H14N2O3S/c17-11-3-1-2-10(6-11)16-18(15(19)8-22-16)12-4-5-13-14(7-12)21-9-20-13/h1-7,16H,8-9,17H2/t16-/m1/s1. The molecular formula is C16H14N2O3S. The van der Waals surface area contributed by atoms with Gasteiger partial charge in [0.05, 0.1) is 5.75 Å². The monoisotopic (exact) mass is 314 g/mol. The van der Waals surface area contributed by atoms with E-state index in [1.54, 1.807) is 16.7 Å². The van der Waals surface area contributed by atoms with Crippen molar-refractivity contribution >= 4 is 29.0 Å². The number of nitrogens with two attached hydrogens (primary N) is 1. The molecule has 2 aromatic carbocycles. The van der Waals surface area contributed by atoms with Crippen molar-refractivity contribution in [2.45, 2.75) is 5.37 Å². The molecule has 0 unspecified atom stereocenters. The number of anilines is 2. The third-order valence-corrected chi connectivity index (χ3v) is 4.91. The van der Waals surface area contributed by atoms with Crippen molar-refractivity contribution in [2.24, 2.45) is 0 Å². The largest absolute Gasteiger partial charge is 0.454 e. The smallest absolute Gasteiger partial charge is 0.238 e. The first-order valence-corrected chi connectivity index (χ1v) is 7.96. The first kappa shape index (κ1) is 13.3. The summed E-state index contributed by atoms with van der Waals surface area (Å²) in [4.78, 5) is 14.1. The van der Waals surface area contributed by atoms with E-state index in [9.17, 15) is 4.79 Å². The van der Waals surface area contributed by atoms with Crippen molar-refractivity contribution in [3.63, 3.8) is 0 Å².